The maximum atomic E-state index is 11.9. The van der Waals surface area contributed by atoms with Gasteiger partial charge >= 0.3 is 0 Å². The first kappa shape index (κ1) is 11.4. The number of nitrogens with one attached hydrogen (secondary N) is 1. The van der Waals surface area contributed by atoms with Crippen molar-refractivity contribution in [3.8, 4) is 11.5 Å². The van der Waals surface area contributed by atoms with Crippen molar-refractivity contribution in [3.05, 3.63) is 39.5 Å². The number of anilines is 1. The van der Waals surface area contributed by atoms with Crippen LogP contribution < -0.4 is 14.8 Å². The molecule has 6 heteroatoms. The summed E-state index contributed by atoms with van der Waals surface area (Å²) in [5, 5.41) is 5.00. The monoisotopic (exact) mass is 281 g/mol. The highest BCUT2D eigenvalue weighted by atomic mass is 35.5. The van der Waals surface area contributed by atoms with Gasteiger partial charge in [0.15, 0.2) is 11.5 Å². The highest BCUT2D eigenvalue weighted by molar-refractivity contribution is 7.12. The first-order chi connectivity index (χ1) is 8.74. The molecule has 2 heterocycles. The van der Waals surface area contributed by atoms with Gasteiger partial charge < -0.3 is 14.8 Å². The average Bonchev–Trinajstić information content (AvgIpc) is 2.96. The summed E-state index contributed by atoms with van der Waals surface area (Å²) in [5.74, 6) is 1.08. The maximum Gasteiger partial charge on any atom is 0.267 e. The second-order valence-corrected chi connectivity index (χ2v) is 4.94. The van der Waals surface area contributed by atoms with Gasteiger partial charge in [0.1, 0.15) is 4.88 Å². The van der Waals surface area contributed by atoms with Crippen molar-refractivity contribution >= 4 is 34.5 Å². The molecule has 0 saturated carbocycles. The zero-order valence-electron chi connectivity index (χ0n) is 9.10. The van der Waals surface area contributed by atoms with Crippen LogP contribution in [0.3, 0.4) is 0 Å². The van der Waals surface area contributed by atoms with E-state index in [4.69, 9.17) is 21.1 Å². The molecule has 3 rings (SSSR count). The second kappa shape index (κ2) is 4.51. The van der Waals surface area contributed by atoms with Crippen LogP contribution in [0.25, 0.3) is 0 Å². The number of benzene rings is 1. The fraction of sp³-hybridized carbons (Fsp3) is 0.0833. The third kappa shape index (κ3) is 2.02. The summed E-state index contributed by atoms with van der Waals surface area (Å²) in [4.78, 5) is 12.4. The lowest BCUT2D eigenvalue weighted by Gasteiger charge is -2.05. The van der Waals surface area contributed by atoms with E-state index in [1.807, 2.05) is 0 Å². The van der Waals surface area contributed by atoms with Crippen molar-refractivity contribution in [3.63, 3.8) is 0 Å². The van der Waals surface area contributed by atoms with Crippen LogP contribution in [0.2, 0.25) is 5.02 Å². The van der Waals surface area contributed by atoms with Crippen LogP contribution >= 0.6 is 22.9 Å². The minimum atomic E-state index is -0.228. The SMILES string of the molecule is O=C(Nc1ccc2c(c1)OCO2)c1sccc1Cl. The number of halogens is 1. The normalized spacial score (nSPS) is 12.5. The Balaban J connectivity index is 1.81. The number of thiophene rings is 1. The molecular weight excluding hydrogens is 274 g/mol. The van der Waals surface area contributed by atoms with Gasteiger partial charge in [0.05, 0.1) is 5.02 Å². The topological polar surface area (TPSA) is 47.6 Å². The number of amides is 1. The van der Waals surface area contributed by atoms with E-state index in [9.17, 15) is 4.79 Å². The molecule has 0 aliphatic carbocycles. The zero-order valence-corrected chi connectivity index (χ0v) is 10.7. The van der Waals surface area contributed by atoms with Gasteiger partial charge in [0, 0.05) is 11.8 Å². The van der Waals surface area contributed by atoms with Crippen molar-refractivity contribution < 1.29 is 14.3 Å². The van der Waals surface area contributed by atoms with Crippen molar-refractivity contribution in [2.75, 3.05) is 12.1 Å². The predicted octanol–water partition coefficient (Wildman–Crippen LogP) is 3.38. The fourth-order valence-corrected chi connectivity index (χ4v) is 2.65. The average molecular weight is 282 g/mol. The molecule has 18 heavy (non-hydrogen) atoms. The molecule has 0 fully saturated rings. The van der Waals surface area contributed by atoms with E-state index in [0.29, 0.717) is 27.1 Å². The van der Waals surface area contributed by atoms with Crippen molar-refractivity contribution in [1.29, 1.82) is 0 Å². The van der Waals surface area contributed by atoms with Crippen LogP contribution in [0.5, 0.6) is 11.5 Å². The van der Waals surface area contributed by atoms with E-state index >= 15 is 0 Å². The summed E-state index contributed by atoms with van der Waals surface area (Å²) in [7, 11) is 0. The predicted molar refractivity (Wildman–Crippen MR) is 69.8 cm³/mol. The first-order valence-corrected chi connectivity index (χ1v) is 6.44. The Kier molecular flexibility index (Phi) is 2.85. The number of hydrogen-bond acceptors (Lipinski definition) is 4. The fourth-order valence-electron chi connectivity index (χ4n) is 1.62. The van der Waals surface area contributed by atoms with Gasteiger partial charge in [-0.15, -0.1) is 11.3 Å². The Morgan fingerprint density at radius 3 is 2.89 bits per heavy atom. The highest BCUT2D eigenvalue weighted by Gasteiger charge is 2.16. The summed E-state index contributed by atoms with van der Waals surface area (Å²) in [5.41, 5.74) is 0.647. The summed E-state index contributed by atoms with van der Waals surface area (Å²) in [6.45, 7) is 0.212. The Bertz CT molecular complexity index is 611. The van der Waals surface area contributed by atoms with E-state index in [0.717, 1.165) is 0 Å². The Morgan fingerprint density at radius 1 is 1.28 bits per heavy atom. The largest absolute Gasteiger partial charge is 0.454 e. The maximum absolute atomic E-state index is 11.9. The van der Waals surface area contributed by atoms with Gasteiger partial charge in [-0.2, -0.15) is 0 Å². The molecule has 1 aromatic carbocycles. The minimum absolute atomic E-state index is 0.212. The van der Waals surface area contributed by atoms with Crippen molar-refractivity contribution in [1.82, 2.24) is 0 Å². The van der Waals surface area contributed by atoms with Gasteiger partial charge in [-0.3, -0.25) is 4.79 Å². The number of hydrogen-bond donors (Lipinski definition) is 1. The van der Waals surface area contributed by atoms with Gasteiger partial charge in [-0.25, -0.2) is 0 Å². The van der Waals surface area contributed by atoms with Gasteiger partial charge in [0.2, 0.25) is 6.79 Å². The number of fused-ring (bicyclic) bond motifs is 1. The number of rotatable bonds is 2. The van der Waals surface area contributed by atoms with Crippen LogP contribution in [-0.2, 0) is 0 Å². The van der Waals surface area contributed by atoms with E-state index in [2.05, 4.69) is 5.32 Å². The van der Waals surface area contributed by atoms with E-state index in [1.165, 1.54) is 11.3 Å². The minimum Gasteiger partial charge on any atom is -0.454 e. The quantitative estimate of drug-likeness (QED) is 0.918. The standard InChI is InChI=1S/C12H8ClNO3S/c13-8-3-4-18-11(8)12(15)14-7-1-2-9-10(5-7)17-6-16-9/h1-5H,6H2,(H,14,15). The molecule has 2 aromatic rings. The molecule has 92 valence electrons. The van der Waals surface area contributed by atoms with Gasteiger partial charge in [-0.1, -0.05) is 11.6 Å². The van der Waals surface area contributed by atoms with Crippen LogP contribution in [0.15, 0.2) is 29.6 Å². The van der Waals surface area contributed by atoms with Crippen LogP contribution in [0, 0.1) is 0 Å². The lowest BCUT2D eigenvalue weighted by molar-refractivity contribution is 0.103. The number of carbonyl (C=O) groups is 1. The van der Waals surface area contributed by atoms with E-state index in [1.54, 1.807) is 29.6 Å². The van der Waals surface area contributed by atoms with Crippen molar-refractivity contribution in [2.45, 2.75) is 0 Å². The number of ether oxygens (including phenoxy) is 2. The summed E-state index contributed by atoms with van der Waals surface area (Å²) >= 11 is 7.20. The molecule has 0 atom stereocenters. The molecule has 0 bridgehead atoms. The summed E-state index contributed by atoms with van der Waals surface area (Å²) in [6, 6.07) is 6.93. The highest BCUT2D eigenvalue weighted by Crippen LogP contribution is 2.34. The van der Waals surface area contributed by atoms with Gasteiger partial charge in [-0.05, 0) is 23.6 Å². The molecule has 1 amide bonds. The lowest BCUT2D eigenvalue weighted by Crippen LogP contribution is -2.10. The smallest absolute Gasteiger partial charge is 0.267 e. The number of carbonyl (C=O) groups excluding carboxylic acids is 1. The van der Waals surface area contributed by atoms with Gasteiger partial charge in [0.25, 0.3) is 5.91 Å². The molecule has 4 nitrogen and oxygen atoms in total. The molecule has 0 unspecified atom stereocenters. The molecular formula is C12H8ClNO3S. The third-order valence-corrected chi connectivity index (χ3v) is 3.79. The van der Waals surface area contributed by atoms with Crippen LogP contribution in [-0.4, -0.2) is 12.7 Å². The second-order valence-electron chi connectivity index (χ2n) is 3.62. The summed E-state index contributed by atoms with van der Waals surface area (Å²) < 4.78 is 10.4. The Morgan fingerprint density at radius 2 is 2.11 bits per heavy atom. The molecule has 1 aliphatic rings. The lowest BCUT2D eigenvalue weighted by atomic mass is 10.2. The summed E-state index contributed by atoms with van der Waals surface area (Å²) in [6.07, 6.45) is 0. The van der Waals surface area contributed by atoms with Crippen LogP contribution in [0.1, 0.15) is 9.67 Å². The molecule has 0 radical (unpaired) electrons. The Hall–Kier alpha value is -1.72. The van der Waals surface area contributed by atoms with E-state index in [-0.39, 0.29) is 12.7 Å². The molecule has 1 N–H and O–H groups in total. The molecule has 0 saturated heterocycles. The molecule has 1 aromatic heterocycles. The molecule has 0 spiro atoms. The Labute approximate surface area is 112 Å². The van der Waals surface area contributed by atoms with Crippen LogP contribution in [0.4, 0.5) is 5.69 Å². The van der Waals surface area contributed by atoms with E-state index < -0.39 is 0 Å². The third-order valence-electron chi connectivity index (χ3n) is 2.45. The first-order valence-electron chi connectivity index (χ1n) is 5.18. The van der Waals surface area contributed by atoms with Crippen molar-refractivity contribution in [2.24, 2.45) is 0 Å². The zero-order chi connectivity index (χ0) is 12.5. The molecule has 1 aliphatic heterocycles.